The number of aliphatic hydroxyl groups is 1. The summed E-state index contributed by atoms with van der Waals surface area (Å²) in [5, 5.41) is 17.4. The number of amides is 1. The lowest BCUT2D eigenvalue weighted by molar-refractivity contribution is 0.150. The normalized spacial score (nSPS) is 25.1. The topological polar surface area (TPSA) is 60.8 Å². The summed E-state index contributed by atoms with van der Waals surface area (Å²) >= 11 is 0. The van der Waals surface area contributed by atoms with Gasteiger partial charge in [0.15, 0.2) is 0 Å². The van der Waals surface area contributed by atoms with E-state index in [0.717, 1.165) is 19.3 Å². The zero-order valence-corrected chi connectivity index (χ0v) is 10.5. The molecule has 0 aromatic carbocycles. The molecule has 1 rings (SSSR count). The van der Waals surface area contributed by atoms with Gasteiger partial charge in [0, 0.05) is 13.6 Å². The fourth-order valence-electron chi connectivity index (χ4n) is 2.39. The molecule has 0 aliphatic heterocycles. The molecule has 2 N–H and O–H groups in total. The van der Waals surface area contributed by atoms with Gasteiger partial charge < -0.3 is 15.1 Å². The van der Waals surface area contributed by atoms with Crippen LogP contribution in [0.3, 0.4) is 0 Å². The van der Waals surface area contributed by atoms with E-state index < -0.39 is 6.09 Å². The molecule has 98 valence electrons. The summed E-state index contributed by atoms with van der Waals surface area (Å²) < 4.78 is 0. The van der Waals surface area contributed by atoms with Gasteiger partial charge in [0.25, 0.3) is 0 Å². The van der Waals surface area contributed by atoms with E-state index in [0.29, 0.717) is 18.4 Å². The number of rotatable bonds is 5. The maximum atomic E-state index is 10.6. The summed E-state index contributed by atoms with van der Waals surface area (Å²) in [6.07, 6.45) is 8.74. The summed E-state index contributed by atoms with van der Waals surface area (Å²) in [6, 6.07) is 0. The number of allylic oxidation sites excluding steroid dienone is 1. The van der Waals surface area contributed by atoms with Crippen LogP contribution < -0.4 is 0 Å². The maximum Gasteiger partial charge on any atom is 0.407 e. The minimum atomic E-state index is -0.843. The second-order valence-electron chi connectivity index (χ2n) is 4.88. The van der Waals surface area contributed by atoms with E-state index in [-0.39, 0.29) is 6.61 Å². The van der Waals surface area contributed by atoms with Crippen LogP contribution in [0.2, 0.25) is 0 Å². The number of nitrogens with zero attached hydrogens (tertiary/aromatic N) is 1. The largest absolute Gasteiger partial charge is 0.465 e. The molecule has 0 bridgehead atoms. The molecular formula is C13H23NO3. The Labute approximate surface area is 103 Å². The van der Waals surface area contributed by atoms with Gasteiger partial charge in [-0.2, -0.15) is 0 Å². The van der Waals surface area contributed by atoms with E-state index in [9.17, 15) is 4.79 Å². The van der Waals surface area contributed by atoms with E-state index >= 15 is 0 Å². The van der Waals surface area contributed by atoms with Crippen molar-refractivity contribution in [3.8, 4) is 0 Å². The zero-order chi connectivity index (χ0) is 12.7. The standard InChI is InChI=1S/C13H23NO3/c1-14(13(16)17)9-8-12-6-4-11(5-7-12)3-2-10-15/h2-3,11-12,15H,4-10H2,1H3,(H,16,17). The van der Waals surface area contributed by atoms with E-state index in [4.69, 9.17) is 10.2 Å². The van der Waals surface area contributed by atoms with Crippen LogP contribution >= 0.6 is 0 Å². The minimum absolute atomic E-state index is 0.128. The monoisotopic (exact) mass is 241 g/mol. The molecule has 0 spiro atoms. The highest BCUT2D eigenvalue weighted by atomic mass is 16.4. The van der Waals surface area contributed by atoms with Crippen LogP contribution in [0.25, 0.3) is 0 Å². The van der Waals surface area contributed by atoms with Crippen molar-refractivity contribution in [2.24, 2.45) is 11.8 Å². The van der Waals surface area contributed by atoms with Crippen LogP contribution in [-0.2, 0) is 0 Å². The predicted molar refractivity (Wildman–Crippen MR) is 66.9 cm³/mol. The van der Waals surface area contributed by atoms with Crippen molar-refractivity contribution in [3.63, 3.8) is 0 Å². The number of hydrogen-bond acceptors (Lipinski definition) is 2. The van der Waals surface area contributed by atoms with E-state index in [1.54, 1.807) is 7.05 Å². The van der Waals surface area contributed by atoms with Crippen LogP contribution in [-0.4, -0.2) is 41.4 Å². The van der Waals surface area contributed by atoms with Crippen molar-refractivity contribution in [1.29, 1.82) is 0 Å². The molecule has 0 atom stereocenters. The molecule has 1 saturated carbocycles. The Bertz CT molecular complexity index is 257. The molecule has 4 nitrogen and oxygen atoms in total. The van der Waals surface area contributed by atoms with Crippen LogP contribution in [0.4, 0.5) is 4.79 Å². The first-order valence-electron chi connectivity index (χ1n) is 6.35. The van der Waals surface area contributed by atoms with Crippen molar-refractivity contribution in [1.82, 2.24) is 4.90 Å². The average Bonchev–Trinajstić information content (AvgIpc) is 2.34. The molecule has 0 aromatic rings. The van der Waals surface area contributed by atoms with Crippen molar-refractivity contribution in [2.75, 3.05) is 20.2 Å². The molecule has 1 aliphatic rings. The SMILES string of the molecule is CN(CCC1CCC(C=CCO)CC1)C(=O)O. The van der Waals surface area contributed by atoms with E-state index in [1.165, 1.54) is 17.7 Å². The Kier molecular flexibility index (Phi) is 6.05. The Hall–Kier alpha value is -1.03. The van der Waals surface area contributed by atoms with Crippen LogP contribution in [0, 0.1) is 11.8 Å². The van der Waals surface area contributed by atoms with Crippen molar-refractivity contribution >= 4 is 6.09 Å². The van der Waals surface area contributed by atoms with Gasteiger partial charge in [-0.3, -0.25) is 0 Å². The second-order valence-corrected chi connectivity index (χ2v) is 4.88. The molecule has 4 heteroatoms. The van der Waals surface area contributed by atoms with E-state index in [2.05, 4.69) is 6.08 Å². The Morgan fingerprint density at radius 3 is 2.53 bits per heavy atom. The van der Waals surface area contributed by atoms with Gasteiger partial charge in [-0.25, -0.2) is 4.79 Å². The first kappa shape index (κ1) is 14.0. The van der Waals surface area contributed by atoms with Gasteiger partial charge in [0.2, 0.25) is 0 Å². The van der Waals surface area contributed by atoms with Gasteiger partial charge >= 0.3 is 6.09 Å². The highest BCUT2D eigenvalue weighted by Crippen LogP contribution is 2.31. The van der Waals surface area contributed by atoms with Gasteiger partial charge in [-0.05, 0) is 43.9 Å². The lowest BCUT2D eigenvalue weighted by atomic mass is 9.80. The third-order valence-corrected chi connectivity index (χ3v) is 3.60. The Morgan fingerprint density at radius 1 is 1.35 bits per heavy atom. The highest BCUT2D eigenvalue weighted by molar-refractivity contribution is 5.64. The predicted octanol–water partition coefficient (Wildman–Crippen LogP) is 2.34. The van der Waals surface area contributed by atoms with Crippen LogP contribution in [0.5, 0.6) is 0 Å². The molecule has 0 unspecified atom stereocenters. The summed E-state index contributed by atoms with van der Waals surface area (Å²) in [4.78, 5) is 12.0. The lowest BCUT2D eigenvalue weighted by Gasteiger charge is -2.27. The van der Waals surface area contributed by atoms with Crippen molar-refractivity contribution < 1.29 is 15.0 Å². The number of carboxylic acid groups (broad SMARTS) is 1. The molecule has 1 aliphatic carbocycles. The fourth-order valence-corrected chi connectivity index (χ4v) is 2.39. The molecule has 0 aromatic heterocycles. The lowest BCUT2D eigenvalue weighted by Crippen LogP contribution is -2.28. The summed E-state index contributed by atoms with van der Waals surface area (Å²) in [5.74, 6) is 1.27. The van der Waals surface area contributed by atoms with Crippen LogP contribution in [0.1, 0.15) is 32.1 Å². The van der Waals surface area contributed by atoms with Crippen LogP contribution in [0.15, 0.2) is 12.2 Å². The Morgan fingerprint density at radius 2 is 2.00 bits per heavy atom. The average molecular weight is 241 g/mol. The number of aliphatic hydroxyl groups excluding tert-OH is 1. The summed E-state index contributed by atoms with van der Waals surface area (Å²) in [7, 11) is 1.62. The first-order valence-corrected chi connectivity index (χ1v) is 6.35. The van der Waals surface area contributed by atoms with Gasteiger partial charge in [-0.15, -0.1) is 0 Å². The van der Waals surface area contributed by atoms with Gasteiger partial charge in [0.05, 0.1) is 6.61 Å². The number of hydrogen-bond donors (Lipinski definition) is 2. The molecular weight excluding hydrogens is 218 g/mol. The van der Waals surface area contributed by atoms with Gasteiger partial charge in [-0.1, -0.05) is 12.2 Å². The van der Waals surface area contributed by atoms with Gasteiger partial charge in [0.1, 0.15) is 0 Å². The fraction of sp³-hybridized carbons (Fsp3) is 0.769. The van der Waals surface area contributed by atoms with Crippen molar-refractivity contribution in [2.45, 2.75) is 32.1 Å². The summed E-state index contributed by atoms with van der Waals surface area (Å²) in [5.41, 5.74) is 0. The zero-order valence-electron chi connectivity index (χ0n) is 10.5. The quantitative estimate of drug-likeness (QED) is 0.726. The second kappa shape index (κ2) is 7.33. The highest BCUT2D eigenvalue weighted by Gasteiger charge is 2.20. The third-order valence-electron chi connectivity index (χ3n) is 3.60. The van der Waals surface area contributed by atoms with Crippen molar-refractivity contribution in [3.05, 3.63) is 12.2 Å². The third kappa shape index (κ3) is 5.22. The van der Waals surface area contributed by atoms with E-state index in [1.807, 2.05) is 6.08 Å². The molecule has 0 radical (unpaired) electrons. The molecule has 17 heavy (non-hydrogen) atoms. The maximum absolute atomic E-state index is 10.6. The molecule has 1 amide bonds. The molecule has 0 saturated heterocycles. The molecule has 0 heterocycles. The Balaban J connectivity index is 2.19. The smallest absolute Gasteiger partial charge is 0.407 e. The minimum Gasteiger partial charge on any atom is -0.465 e. The molecule has 1 fully saturated rings. The number of carbonyl (C=O) groups is 1. The first-order chi connectivity index (χ1) is 8.13. The summed E-state index contributed by atoms with van der Waals surface area (Å²) in [6.45, 7) is 0.764.